The third kappa shape index (κ3) is 4.57. The van der Waals surface area contributed by atoms with Crippen molar-refractivity contribution in [2.75, 3.05) is 7.11 Å². The first-order valence-corrected chi connectivity index (χ1v) is 8.49. The molecule has 0 aliphatic heterocycles. The third-order valence-electron chi connectivity index (χ3n) is 1.50. The summed E-state index contributed by atoms with van der Waals surface area (Å²) in [6, 6.07) is 7.32. The molecule has 14 heavy (non-hydrogen) atoms. The lowest BCUT2D eigenvalue weighted by Crippen LogP contribution is -2.00. The van der Waals surface area contributed by atoms with Crippen molar-refractivity contribution in [3.05, 3.63) is 35.4 Å². The van der Waals surface area contributed by atoms with Crippen molar-refractivity contribution in [3.8, 4) is 0 Å². The lowest BCUT2D eigenvalue weighted by atomic mass is 10.1. The number of alkyl halides is 1. The normalized spacial score (nSPS) is 8.57. The summed E-state index contributed by atoms with van der Waals surface area (Å²) in [7, 11) is 1.38. The lowest BCUT2D eigenvalue weighted by Gasteiger charge is -2.00. The van der Waals surface area contributed by atoms with Crippen molar-refractivity contribution < 1.29 is 9.53 Å². The quantitative estimate of drug-likeness (QED) is 0.564. The summed E-state index contributed by atoms with van der Waals surface area (Å²) >= 11 is 8.81. The maximum atomic E-state index is 11.0. The number of carbonyl (C=O) groups is 1. The van der Waals surface area contributed by atoms with Crippen LogP contribution in [0.15, 0.2) is 24.3 Å². The Balaban J connectivity index is 0.000000791. The summed E-state index contributed by atoms with van der Waals surface area (Å²) in [4.78, 5) is 11.0. The maximum Gasteiger partial charge on any atom is 0.337 e. The second-order valence-electron chi connectivity index (χ2n) is 2.33. The van der Waals surface area contributed by atoms with Gasteiger partial charge in [0, 0.05) is 33.6 Å². The molecule has 0 aromatic heterocycles. The summed E-state index contributed by atoms with van der Waals surface area (Å²) in [6.07, 6.45) is 0. The number of esters is 1. The average Bonchev–Trinajstić information content (AvgIpc) is 2.30. The fourth-order valence-electron chi connectivity index (χ4n) is 0.899. The Morgan fingerprint density at radius 3 is 2.57 bits per heavy atom. The van der Waals surface area contributed by atoms with Crippen LogP contribution in [0.4, 0.5) is 0 Å². The monoisotopic (exact) mass is 386 g/mol. The van der Waals surface area contributed by atoms with Crippen LogP contribution in [-0.4, -0.2) is 13.1 Å². The SMILES string of the molecule is BrBr.COC(=O)c1cccc(CBr)c1. The maximum absolute atomic E-state index is 11.0. The van der Waals surface area contributed by atoms with Gasteiger partial charge in [-0.25, -0.2) is 4.79 Å². The van der Waals surface area contributed by atoms with E-state index in [4.69, 9.17) is 0 Å². The van der Waals surface area contributed by atoms with Gasteiger partial charge in [0.25, 0.3) is 0 Å². The van der Waals surface area contributed by atoms with Crippen molar-refractivity contribution in [1.82, 2.24) is 0 Å². The van der Waals surface area contributed by atoms with Gasteiger partial charge in [0.2, 0.25) is 0 Å². The van der Waals surface area contributed by atoms with Crippen molar-refractivity contribution in [2.24, 2.45) is 0 Å². The van der Waals surface area contributed by atoms with Crippen LogP contribution < -0.4 is 0 Å². The van der Waals surface area contributed by atoms with Crippen molar-refractivity contribution in [2.45, 2.75) is 5.33 Å². The van der Waals surface area contributed by atoms with Crippen LogP contribution in [-0.2, 0) is 10.1 Å². The van der Waals surface area contributed by atoms with E-state index in [0.29, 0.717) is 5.56 Å². The highest BCUT2D eigenvalue weighted by molar-refractivity contribution is 9.93. The highest BCUT2D eigenvalue weighted by Crippen LogP contribution is 2.09. The Kier molecular flexibility index (Phi) is 8.52. The minimum Gasteiger partial charge on any atom is -0.465 e. The van der Waals surface area contributed by atoms with E-state index >= 15 is 0 Å². The Morgan fingerprint density at radius 1 is 1.43 bits per heavy atom. The molecule has 5 heteroatoms. The number of benzene rings is 1. The van der Waals surface area contributed by atoms with Crippen LogP contribution in [0, 0.1) is 0 Å². The fourth-order valence-corrected chi connectivity index (χ4v) is 1.25. The molecule has 1 rings (SSSR count). The molecule has 0 heterocycles. The molecule has 0 saturated heterocycles. The van der Waals surface area contributed by atoms with Crippen LogP contribution in [0.3, 0.4) is 0 Å². The first-order valence-electron chi connectivity index (χ1n) is 3.65. The van der Waals surface area contributed by atoms with E-state index in [1.165, 1.54) is 7.11 Å². The number of methoxy groups -OCH3 is 1. The third-order valence-corrected chi connectivity index (χ3v) is 2.15. The Bertz CT molecular complexity index is 289. The Hall–Kier alpha value is 0.130. The van der Waals surface area contributed by atoms with Crippen LogP contribution >= 0.6 is 44.2 Å². The lowest BCUT2D eigenvalue weighted by molar-refractivity contribution is 0.0600. The number of ether oxygens (including phenoxy) is 1. The van der Waals surface area contributed by atoms with Gasteiger partial charge in [-0.1, -0.05) is 28.1 Å². The van der Waals surface area contributed by atoms with Crippen LogP contribution in [0.5, 0.6) is 0 Å². The van der Waals surface area contributed by atoms with E-state index < -0.39 is 0 Å². The predicted molar refractivity (Wildman–Crippen MR) is 68.3 cm³/mol. The van der Waals surface area contributed by atoms with Crippen LogP contribution in [0.2, 0.25) is 0 Å². The summed E-state index contributed by atoms with van der Waals surface area (Å²) in [5, 5.41) is 0.748. The molecular weight excluding hydrogens is 380 g/mol. The Labute approximate surface area is 107 Å². The summed E-state index contributed by atoms with van der Waals surface area (Å²) in [5.41, 5.74) is 1.66. The molecule has 0 N–H and O–H groups in total. The zero-order chi connectivity index (χ0) is 11.0. The number of hydrogen-bond acceptors (Lipinski definition) is 2. The van der Waals surface area contributed by atoms with Gasteiger partial charge in [-0.3, -0.25) is 0 Å². The van der Waals surface area contributed by atoms with Gasteiger partial charge in [0.15, 0.2) is 0 Å². The van der Waals surface area contributed by atoms with E-state index in [0.717, 1.165) is 10.9 Å². The van der Waals surface area contributed by atoms with E-state index in [1.54, 1.807) is 12.1 Å². The van der Waals surface area contributed by atoms with Crippen molar-refractivity contribution >= 4 is 50.2 Å². The van der Waals surface area contributed by atoms with Gasteiger partial charge >= 0.3 is 5.97 Å². The van der Waals surface area contributed by atoms with Crippen LogP contribution in [0.1, 0.15) is 15.9 Å². The zero-order valence-electron chi connectivity index (χ0n) is 7.47. The first-order chi connectivity index (χ1) is 6.77. The van der Waals surface area contributed by atoms with Gasteiger partial charge < -0.3 is 4.74 Å². The number of hydrogen-bond donors (Lipinski definition) is 0. The molecule has 0 amide bonds. The molecule has 0 aliphatic carbocycles. The second-order valence-corrected chi connectivity index (χ2v) is 2.89. The fraction of sp³-hybridized carbons (Fsp3) is 0.222. The van der Waals surface area contributed by atoms with E-state index in [-0.39, 0.29) is 5.97 Å². The van der Waals surface area contributed by atoms with E-state index in [2.05, 4.69) is 48.9 Å². The minimum atomic E-state index is -0.294. The highest BCUT2D eigenvalue weighted by atomic mass is 80.9. The molecule has 0 radical (unpaired) electrons. The summed E-state index contributed by atoms with van der Waals surface area (Å²) in [6.45, 7) is 0. The molecular formula is C9H9Br3O2. The van der Waals surface area contributed by atoms with E-state index in [9.17, 15) is 4.79 Å². The standard InChI is InChI=1S/C9H9BrO2.Br2/c1-12-9(11)8-4-2-3-7(5-8)6-10;1-2/h2-5H,6H2,1H3;. The number of carbonyl (C=O) groups excluding carboxylic acids is 1. The molecule has 0 saturated carbocycles. The molecule has 0 aliphatic rings. The largest absolute Gasteiger partial charge is 0.465 e. The van der Waals surface area contributed by atoms with Gasteiger partial charge in [0.1, 0.15) is 0 Å². The molecule has 1 aromatic carbocycles. The van der Waals surface area contributed by atoms with E-state index in [1.807, 2.05) is 12.1 Å². The molecule has 78 valence electrons. The average molecular weight is 389 g/mol. The second kappa shape index (κ2) is 8.44. The summed E-state index contributed by atoms with van der Waals surface area (Å²) < 4.78 is 4.58. The molecule has 0 fully saturated rings. The molecule has 2 nitrogen and oxygen atoms in total. The molecule has 0 spiro atoms. The van der Waals surface area contributed by atoms with Gasteiger partial charge in [-0.15, -0.1) is 0 Å². The zero-order valence-corrected chi connectivity index (χ0v) is 12.2. The summed E-state index contributed by atoms with van der Waals surface area (Å²) in [5.74, 6) is -0.294. The molecule has 1 aromatic rings. The molecule has 0 bridgehead atoms. The smallest absolute Gasteiger partial charge is 0.337 e. The molecule has 0 unspecified atom stereocenters. The minimum absolute atomic E-state index is 0.294. The van der Waals surface area contributed by atoms with Crippen molar-refractivity contribution in [3.63, 3.8) is 0 Å². The van der Waals surface area contributed by atoms with Gasteiger partial charge in [0.05, 0.1) is 12.7 Å². The number of rotatable bonds is 2. The Morgan fingerprint density at radius 2 is 2.07 bits per heavy atom. The molecule has 0 atom stereocenters. The number of halogens is 3. The van der Waals surface area contributed by atoms with Crippen molar-refractivity contribution in [1.29, 1.82) is 0 Å². The highest BCUT2D eigenvalue weighted by Gasteiger charge is 2.04. The van der Waals surface area contributed by atoms with Gasteiger partial charge in [-0.2, -0.15) is 0 Å². The topological polar surface area (TPSA) is 26.3 Å². The first kappa shape index (κ1) is 14.1. The predicted octanol–water partition coefficient (Wildman–Crippen LogP) is 4.06. The van der Waals surface area contributed by atoms with Gasteiger partial charge in [-0.05, 0) is 17.7 Å². The van der Waals surface area contributed by atoms with Crippen LogP contribution in [0.25, 0.3) is 0 Å².